The molecule has 0 fully saturated rings. The Morgan fingerprint density at radius 2 is 1.93 bits per heavy atom. The Hall–Kier alpha value is -1.37. The number of hydrogen-bond donors (Lipinski definition) is 0. The Bertz CT molecular complexity index is 373. The highest BCUT2D eigenvalue weighted by molar-refractivity contribution is 6.00. The minimum atomic E-state index is 0.426. The molecule has 0 radical (unpaired) electrons. The average molecular weight is 185 g/mol. The molecule has 0 aromatic heterocycles. The Labute approximate surface area is 85.2 Å². The molecule has 2 rings (SSSR count). The third-order valence-electron chi connectivity index (χ3n) is 2.47. The first-order valence-electron chi connectivity index (χ1n) is 5.06. The molecule has 0 saturated heterocycles. The number of allylic oxidation sites excluding steroid dienone is 1. The number of rotatable bonds is 1. The maximum Gasteiger partial charge on any atom is 0.0515 e. The van der Waals surface area contributed by atoms with E-state index < -0.39 is 0 Å². The highest BCUT2D eigenvalue weighted by Gasteiger charge is 2.11. The molecule has 0 bridgehead atoms. The van der Waals surface area contributed by atoms with E-state index in [1.165, 1.54) is 11.1 Å². The van der Waals surface area contributed by atoms with Gasteiger partial charge in [0, 0.05) is 5.71 Å². The smallest absolute Gasteiger partial charge is 0.0515 e. The summed E-state index contributed by atoms with van der Waals surface area (Å²) in [5, 5.41) is 0. The molecule has 1 atom stereocenters. The number of benzene rings is 1. The van der Waals surface area contributed by atoms with Crippen LogP contribution in [0.5, 0.6) is 0 Å². The zero-order chi connectivity index (χ0) is 9.97. The molecule has 0 saturated carbocycles. The molecule has 1 aromatic carbocycles. The van der Waals surface area contributed by atoms with Gasteiger partial charge in [-0.3, -0.25) is 4.99 Å². The minimum absolute atomic E-state index is 0.426. The van der Waals surface area contributed by atoms with Crippen molar-refractivity contribution >= 4 is 11.3 Å². The van der Waals surface area contributed by atoms with Gasteiger partial charge in [0.1, 0.15) is 0 Å². The molecule has 1 heterocycles. The van der Waals surface area contributed by atoms with Gasteiger partial charge in [0.15, 0.2) is 0 Å². The van der Waals surface area contributed by atoms with Crippen LogP contribution in [0.3, 0.4) is 0 Å². The largest absolute Gasteiger partial charge is 0.287 e. The molecule has 1 unspecified atom stereocenters. The predicted molar refractivity (Wildman–Crippen MR) is 61.6 cm³/mol. The second kappa shape index (κ2) is 3.79. The zero-order valence-corrected chi connectivity index (χ0v) is 8.70. The zero-order valence-electron chi connectivity index (χ0n) is 8.70. The van der Waals surface area contributed by atoms with Crippen LogP contribution in [0.1, 0.15) is 25.8 Å². The molecule has 14 heavy (non-hydrogen) atoms. The predicted octanol–water partition coefficient (Wildman–Crippen LogP) is 3.32. The topological polar surface area (TPSA) is 12.4 Å². The molecule has 1 heteroatoms. The van der Waals surface area contributed by atoms with E-state index in [2.05, 4.69) is 55.2 Å². The molecule has 72 valence electrons. The molecular formula is C13H15N. The summed E-state index contributed by atoms with van der Waals surface area (Å²) in [6.07, 6.45) is 3.25. The van der Waals surface area contributed by atoms with Crippen LogP contribution in [0.15, 0.2) is 41.4 Å². The SMILES string of the molecule is CC1=NC(C)CC(c2ccccc2)=C1. The molecular weight excluding hydrogens is 170 g/mol. The fraction of sp³-hybridized carbons (Fsp3) is 0.308. The fourth-order valence-electron chi connectivity index (χ4n) is 1.91. The first-order valence-corrected chi connectivity index (χ1v) is 5.06. The summed E-state index contributed by atoms with van der Waals surface area (Å²) in [4.78, 5) is 4.50. The number of dihydropyridines is 1. The van der Waals surface area contributed by atoms with Crippen molar-refractivity contribution in [1.29, 1.82) is 0 Å². The molecule has 0 spiro atoms. The van der Waals surface area contributed by atoms with Crippen molar-refractivity contribution in [3.8, 4) is 0 Å². The third kappa shape index (κ3) is 1.92. The van der Waals surface area contributed by atoms with E-state index in [1.54, 1.807) is 0 Å². The van der Waals surface area contributed by atoms with Gasteiger partial charge in [-0.15, -0.1) is 0 Å². The number of nitrogens with zero attached hydrogens (tertiary/aromatic N) is 1. The van der Waals surface area contributed by atoms with Gasteiger partial charge in [0.2, 0.25) is 0 Å². The molecule has 1 aromatic rings. The summed E-state index contributed by atoms with van der Waals surface area (Å²) in [7, 11) is 0. The van der Waals surface area contributed by atoms with Crippen molar-refractivity contribution in [3.05, 3.63) is 42.0 Å². The lowest BCUT2D eigenvalue weighted by molar-refractivity contribution is 0.762. The average Bonchev–Trinajstić information content (AvgIpc) is 2.18. The van der Waals surface area contributed by atoms with Crippen molar-refractivity contribution in [2.75, 3.05) is 0 Å². The van der Waals surface area contributed by atoms with E-state index in [0.717, 1.165) is 12.1 Å². The fourth-order valence-corrected chi connectivity index (χ4v) is 1.91. The lowest BCUT2D eigenvalue weighted by atomic mass is 9.96. The lowest BCUT2D eigenvalue weighted by Gasteiger charge is -2.16. The monoisotopic (exact) mass is 185 g/mol. The van der Waals surface area contributed by atoms with E-state index in [9.17, 15) is 0 Å². The molecule has 1 nitrogen and oxygen atoms in total. The molecule has 1 aliphatic heterocycles. The second-order valence-electron chi connectivity index (χ2n) is 3.86. The van der Waals surface area contributed by atoms with E-state index in [-0.39, 0.29) is 0 Å². The normalized spacial score (nSPS) is 21.4. The lowest BCUT2D eigenvalue weighted by Crippen LogP contribution is -2.08. The number of hydrogen-bond acceptors (Lipinski definition) is 1. The first kappa shape index (κ1) is 9.20. The highest BCUT2D eigenvalue weighted by Crippen LogP contribution is 2.24. The summed E-state index contributed by atoms with van der Waals surface area (Å²) in [5.41, 5.74) is 3.88. The minimum Gasteiger partial charge on any atom is -0.287 e. The van der Waals surface area contributed by atoms with Crippen LogP contribution in [0.25, 0.3) is 5.57 Å². The van der Waals surface area contributed by atoms with Crippen molar-refractivity contribution in [1.82, 2.24) is 0 Å². The van der Waals surface area contributed by atoms with E-state index in [4.69, 9.17) is 0 Å². The molecule has 0 amide bonds. The Morgan fingerprint density at radius 3 is 2.57 bits per heavy atom. The van der Waals surface area contributed by atoms with Gasteiger partial charge in [0.05, 0.1) is 6.04 Å². The number of aliphatic imine (C=N–C) groups is 1. The van der Waals surface area contributed by atoms with Gasteiger partial charge in [-0.2, -0.15) is 0 Å². The van der Waals surface area contributed by atoms with Crippen LogP contribution in [-0.4, -0.2) is 11.8 Å². The molecule has 1 aliphatic rings. The van der Waals surface area contributed by atoms with Crippen molar-refractivity contribution in [2.24, 2.45) is 4.99 Å². The van der Waals surface area contributed by atoms with Crippen LogP contribution >= 0.6 is 0 Å². The summed E-state index contributed by atoms with van der Waals surface area (Å²) < 4.78 is 0. The summed E-state index contributed by atoms with van der Waals surface area (Å²) in [5.74, 6) is 0. The first-order chi connectivity index (χ1) is 6.75. The van der Waals surface area contributed by atoms with E-state index >= 15 is 0 Å². The van der Waals surface area contributed by atoms with E-state index in [1.807, 2.05) is 0 Å². The maximum absolute atomic E-state index is 4.50. The maximum atomic E-state index is 4.50. The van der Waals surface area contributed by atoms with Crippen molar-refractivity contribution in [2.45, 2.75) is 26.3 Å². The van der Waals surface area contributed by atoms with Gasteiger partial charge < -0.3 is 0 Å². The standard InChI is InChI=1S/C13H15N/c1-10-8-13(9-11(2)14-10)12-6-4-3-5-7-12/h3-8,11H,9H2,1-2H3. The Morgan fingerprint density at radius 1 is 1.21 bits per heavy atom. The third-order valence-corrected chi connectivity index (χ3v) is 2.47. The quantitative estimate of drug-likeness (QED) is 0.636. The van der Waals surface area contributed by atoms with Crippen LogP contribution in [-0.2, 0) is 0 Å². The van der Waals surface area contributed by atoms with Gasteiger partial charge in [0.25, 0.3) is 0 Å². The Kier molecular flexibility index (Phi) is 2.49. The molecule has 0 N–H and O–H groups in total. The highest BCUT2D eigenvalue weighted by atomic mass is 14.8. The van der Waals surface area contributed by atoms with E-state index in [0.29, 0.717) is 6.04 Å². The molecule has 0 aliphatic carbocycles. The summed E-state index contributed by atoms with van der Waals surface area (Å²) >= 11 is 0. The van der Waals surface area contributed by atoms with Gasteiger partial charge >= 0.3 is 0 Å². The summed E-state index contributed by atoms with van der Waals surface area (Å²) in [6, 6.07) is 11.0. The van der Waals surface area contributed by atoms with Gasteiger partial charge in [-0.05, 0) is 37.5 Å². The van der Waals surface area contributed by atoms with Gasteiger partial charge in [-0.25, -0.2) is 0 Å². The van der Waals surface area contributed by atoms with Crippen LogP contribution < -0.4 is 0 Å². The van der Waals surface area contributed by atoms with Crippen LogP contribution in [0.2, 0.25) is 0 Å². The Balaban J connectivity index is 2.33. The second-order valence-corrected chi connectivity index (χ2v) is 3.86. The van der Waals surface area contributed by atoms with Crippen molar-refractivity contribution < 1.29 is 0 Å². The van der Waals surface area contributed by atoms with Crippen LogP contribution in [0, 0.1) is 0 Å². The van der Waals surface area contributed by atoms with Crippen LogP contribution in [0.4, 0.5) is 0 Å². The summed E-state index contributed by atoms with van der Waals surface area (Å²) in [6.45, 7) is 4.23. The van der Waals surface area contributed by atoms with Crippen molar-refractivity contribution in [3.63, 3.8) is 0 Å². The van der Waals surface area contributed by atoms with Gasteiger partial charge in [-0.1, -0.05) is 30.3 Å².